The molecule has 3 rings (SSSR count). The number of likely N-dealkylation sites (N-methyl/N-ethyl adjacent to an activating group) is 1. The Morgan fingerprint density at radius 3 is 2.31 bits per heavy atom. The normalized spacial score (nSPS) is 12.3. The van der Waals surface area contributed by atoms with Crippen molar-refractivity contribution in [1.29, 1.82) is 0 Å². The summed E-state index contributed by atoms with van der Waals surface area (Å²) in [6.07, 6.45) is 0. The summed E-state index contributed by atoms with van der Waals surface area (Å²) in [7, 11) is 0. The fourth-order valence-electron chi connectivity index (χ4n) is 3.71. The molecule has 6 heteroatoms. The van der Waals surface area contributed by atoms with Gasteiger partial charge in [-0.15, -0.1) is 0 Å². The number of aryl methyl sites for hydroxylation is 1. The molecule has 1 heterocycles. The standard InChI is InChI=1S/C23H28N4O2/c1-4-26(5-2)21(18-11-7-6-8-12-18)15-24-22(28)16-27-23(29)20-14-10-9-13-19(20)17(3)25-27/h6-14,21H,4-5,15-16H2,1-3H3,(H,24,28)/t21-/m0/s1. The molecule has 0 spiro atoms. The highest BCUT2D eigenvalue weighted by Crippen LogP contribution is 2.19. The lowest BCUT2D eigenvalue weighted by Crippen LogP contribution is -2.40. The predicted octanol–water partition coefficient (Wildman–Crippen LogP) is 2.90. The Kier molecular flexibility index (Phi) is 6.77. The zero-order valence-electron chi connectivity index (χ0n) is 17.3. The molecule has 0 radical (unpaired) electrons. The number of rotatable bonds is 8. The zero-order chi connectivity index (χ0) is 20.8. The van der Waals surface area contributed by atoms with Crippen LogP contribution in [0.5, 0.6) is 0 Å². The van der Waals surface area contributed by atoms with E-state index < -0.39 is 0 Å². The predicted molar refractivity (Wildman–Crippen MR) is 116 cm³/mol. The van der Waals surface area contributed by atoms with Crippen molar-refractivity contribution in [2.24, 2.45) is 0 Å². The first-order valence-electron chi connectivity index (χ1n) is 10.1. The van der Waals surface area contributed by atoms with Gasteiger partial charge in [0.25, 0.3) is 5.56 Å². The fraction of sp³-hybridized carbons (Fsp3) is 0.348. The van der Waals surface area contributed by atoms with Crippen LogP contribution < -0.4 is 10.9 Å². The van der Waals surface area contributed by atoms with E-state index in [1.807, 2.05) is 43.3 Å². The number of nitrogens with one attached hydrogen (secondary N) is 1. The van der Waals surface area contributed by atoms with Crippen LogP contribution in [0.25, 0.3) is 10.8 Å². The molecule has 0 saturated heterocycles. The van der Waals surface area contributed by atoms with Crippen molar-refractivity contribution < 1.29 is 4.79 Å². The number of carbonyl (C=O) groups excluding carboxylic acids is 1. The molecule has 0 fully saturated rings. The molecule has 0 bridgehead atoms. The van der Waals surface area contributed by atoms with Crippen LogP contribution in [0.2, 0.25) is 0 Å². The molecule has 0 unspecified atom stereocenters. The maximum absolute atomic E-state index is 12.7. The summed E-state index contributed by atoms with van der Waals surface area (Å²) in [4.78, 5) is 27.6. The summed E-state index contributed by atoms with van der Waals surface area (Å²) in [5, 5.41) is 8.72. The van der Waals surface area contributed by atoms with Crippen molar-refractivity contribution in [3.63, 3.8) is 0 Å². The summed E-state index contributed by atoms with van der Waals surface area (Å²) in [5.41, 5.74) is 1.65. The third-order valence-electron chi connectivity index (χ3n) is 5.28. The number of hydrogen-bond acceptors (Lipinski definition) is 4. The minimum atomic E-state index is -0.246. The van der Waals surface area contributed by atoms with Crippen molar-refractivity contribution in [3.8, 4) is 0 Å². The summed E-state index contributed by atoms with van der Waals surface area (Å²) >= 11 is 0. The maximum atomic E-state index is 12.7. The van der Waals surface area contributed by atoms with Crippen LogP contribution in [0.1, 0.15) is 31.1 Å². The average molecular weight is 393 g/mol. The highest BCUT2D eigenvalue weighted by atomic mass is 16.2. The van der Waals surface area contributed by atoms with Crippen LogP contribution in [-0.4, -0.2) is 40.2 Å². The SMILES string of the molecule is CCN(CC)[C@@H](CNC(=O)Cn1nc(C)c2ccccc2c1=O)c1ccccc1. The van der Waals surface area contributed by atoms with E-state index in [0.29, 0.717) is 11.9 Å². The molecule has 2 aromatic carbocycles. The largest absolute Gasteiger partial charge is 0.353 e. The Bertz CT molecular complexity index is 1030. The van der Waals surface area contributed by atoms with Crippen molar-refractivity contribution in [2.75, 3.05) is 19.6 Å². The Labute approximate surface area is 171 Å². The molecule has 0 aliphatic heterocycles. The quantitative estimate of drug-likeness (QED) is 0.640. The first kappa shape index (κ1) is 20.7. The second-order valence-corrected chi connectivity index (χ2v) is 7.05. The van der Waals surface area contributed by atoms with Crippen LogP contribution in [0.15, 0.2) is 59.4 Å². The lowest BCUT2D eigenvalue weighted by molar-refractivity contribution is -0.122. The Morgan fingerprint density at radius 2 is 1.66 bits per heavy atom. The molecule has 152 valence electrons. The van der Waals surface area contributed by atoms with E-state index in [1.54, 1.807) is 6.07 Å². The third-order valence-corrected chi connectivity index (χ3v) is 5.28. The van der Waals surface area contributed by atoms with Crippen molar-refractivity contribution in [2.45, 2.75) is 33.4 Å². The third kappa shape index (κ3) is 4.71. The number of benzene rings is 2. The van der Waals surface area contributed by atoms with Gasteiger partial charge in [0.05, 0.1) is 17.1 Å². The smallest absolute Gasteiger partial charge is 0.275 e. The van der Waals surface area contributed by atoms with E-state index in [-0.39, 0.29) is 24.1 Å². The number of hydrogen-bond donors (Lipinski definition) is 1. The van der Waals surface area contributed by atoms with Crippen LogP contribution in [-0.2, 0) is 11.3 Å². The van der Waals surface area contributed by atoms with E-state index >= 15 is 0 Å². The van der Waals surface area contributed by atoms with Gasteiger partial charge in [0, 0.05) is 11.9 Å². The second kappa shape index (κ2) is 9.47. The molecule has 1 amide bonds. The summed E-state index contributed by atoms with van der Waals surface area (Å²) in [6.45, 7) is 8.23. The molecule has 0 saturated carbocycles. The molecule has 1 N–H and O–H groups in total. The van der Waals surface area contributed by atoms with Gasteiger partial charge in [0.1, 0.15) is 6.54 Å². The van der Waals surface area contributed by atoms with Gasteiger partial charge in [-0.3, -0.25) is 14.5 Å². The van der Waals surface area contributed by atoms with Gasteiger partial charge in [0.15, 0.2) is 0 Å². The molecule has 3 aromatic rings. The van der Waals surface area contributed by atoms with E-state index in [1.165, 1.54) is 4.68 Å². The minimum absolute atomic E-state index is 0.0816. The van der Waals surface area contributed by atoms with Gasteiger partial charge >= 0.3 is 0 Å². The van der Waals surface area contributed by atoms with E-state index in [9.17, 15) is 9.59 Å². The Hall–Kier alpha value is -2.99. The van der Waals surface area contributed by atoms with E-state index in [0.717, 1.165) is 29.7 Å². The minimum Gasteiger partial charge on any atom is -0.353 e. The number of aromatic nitrogens is 2. The maximum Gasteiger partial charge on any atom is 0.275 e. The highest BCUT2D eigenvalue weighted by Gasteiger charge is 2.19. The van der Waals surface area contributed by atoms with Crippen LogP contribution in [0, 0.1) is 6.92 Å². The molecular formula is C23H28N4O2. The lowest BCUT2D eigenvalue weighted by atomic mass is 10.1. The fourth-order valence-corrected chi connectivity index (χ4v) is 3.71. The Morgan fingerprint density at radius 1 is 1.03 bits per heavy atom. The van der Waals surface area contributed by atoms with E-state index in [2.05, 4.69) is 41.3 Å². The zero-order valence-corrected chi connectivity index (χ0v) is 17.3. The van der Waals surface area contributed by atoms with Gasteiger partial charge in [0.2, 0.25) is 5.91 Å². The van der Waals surface area contributed by atoms with Crippen LogP contribution in [0.4, 0.5) is 0 Å². The summed E-state index contributed by atoms with van der Waals surface area (Å²) in [6, 6.07) is 17.6. The molecule has 1 atom stereocenters. The molecule has 1 aromatic heterocycles. The van der Waals surface area contributed by atoms with Gasteiger partial charge in [-0.1, -0.05) is 62.4 Å². The first-order valence-corrected chi connectivity index (χ1v) is 10.1. The number of carbonyl (C=O) groups is 1. The second-order valence-electron chi connectivity index (χ2n) is 7.05. The van der Waals surface area contributed by atoms with Gasteiger partial charge in [-0.2, -0.15) is 5.10 Å². The lowest BCUT2D eigenvalue weighted by Gasteiger charge is -2.30. The van der Waals surface area contributed by atoms with Gasteiger partial charge < -0.3 is 5.32 Å². The molecule has 6 nitrogen and oxygen atoms in total. The van der Waals surface area contributed by atoms with Crippen LogP contribution in [0.3, 0.4) is 0 Å². The number of nitrogens with zero attached hydrogens (tertiary/aromatic N) is 3. The molecule has 0 aliphatic carbocycles. The first-order chi connectivity index (χ1) is 14.0. The Balaban J connectivity index is 1.75. The molecule has 0 aliphatic rings. The number of amides is 1. The summed E-state index contributed by atoms with van der Waals surface area (Å²) < 4.78 is 1.25. The monoisotopic (exact) mass is 392 g/mol. The highest BCUT2D eigenvalue weighted by molar-refractivity contribution is 5.83. The van der Waals surface area contributed by atoms with Gasteiger partial charge in [-0.05, 0) is 31.6 Å². The van der Waals surface area contributed by atoms with Crippen molar-refractivity contribution in [1.82, 2.24) is 20.0 Å². The van der Waals surface area contributed by atoms with Crippen molar-refractivity contribution >= 4 is 16.7 Å². The topological polar surface area (TPSA) is 67.2 Å². The molecular weight excluding hydrogens is 364 g/mol. The summed E-state index contributed by atoms with van der Waals surface area (Å²) in [5.74, 6) is -0.220. The van der Waals surface area contributed by atoms with Crippen LogP contribution >= 0.6 is 0 Å². The number of fused-ring (bicyclic) bond motifs is 1. The van der Waals surface area contributed by atoms with E-state index in [4.69, 9.17) is 0 Å². The van der Waals surface area contributed by atoms with Crippen molar-refractivity contribution in [3.05, 3.63) is 76.2 Å². The average Bonchev–Trinajstić information content (AvgIpc) is 2.75. The van der Waals surface area contributed by atoms with Gasteiger partial charge in [-0.25, -0.2) is 4.68 Å². The molecule has 29 heavy (non-hydrogen) atoms.